The van der Waals surface area contributed by atoms with E-state index in [4.69, 9.17) is 10.7 Å². The van der Waals surface area contributed by atoms with Gasteiger partial charge in [0.2, 0.25) is 5.91 Å². The molecule has 7 heteroatoms. The molecule has 25 heavy (non-hydrogen) atoms. The molecular weight excluding hydrogens is 352 g/mol. The molecule has 1 fully saturated rings. The lowest BCUT2D eigenvalue weighted by atomic mass is 9.97. The fourth-order valence-corrected chi connectivity index (χ4v) is 5.93. The molecule has 2 aliphatic rings. The SMILES string of the molecule is CC(Sc1nc(N)c2c3c(sc2n1)CCCC3)C(=O)NC1CCCC1. The van der Waals surface area contributed by atoms with Gasteiger partial charge >= 0.3 is 0 Å². The normalized spacial score (nSPS) is 19.1. The molecule has 2 aromatic rings. The molecule has 0 aromatic carbocycles. The van der Waals surface area contributed by atoms with Gasteiger partial charge in [0, 0.05) is 10.9 Å². The van der Waals surface area contributed by atoms with E-state index in [-0.39, 0.29) is 11.2 Å². The van der Waals surface area contributed by atoms with E-state index >= 15 is 0 Å². The molecule has 134 valence electrons. The highest BCUT2D eigenvalue weighted by Gasteiger charge is 2.24. The summed E-state index contributed by atoms with van der Waals surface area (Å²) >= 11 is 3.15. The van der Waals surface area contributed by atoms with Crippen molar-refractivity contribution in [1.29, 1.82) is 0 Å². The van der Waals surface area contributed by atoms with Crippen molar-refractivity contribution >= 4 is 45.0 Å². The van der Waals surface area contributed by atoms with Crippen LogP contribution in [0.25, 0.3) is 10.2 Å². The van der Waals surface area contributed by atoms with Gasteiger partial charge in [-0.15, -0.1) is 11.3 Å². The van der Waals surface area contributed by atoms with Crippen molar-refractivity contribution in [2.75, 3.05) is 5.73 Å². The Balaban J connectivity index is 1.52. The lowest BCUT2D eigenvalue weighted by Crippen LogP contribution is -2.37. The van der Waals surface area contributed by atoms with Crippen LogP contribution in [0.2, 0.25) is 0 Å². The second kappa shape index (κ2) is 7.11. The van der Waals surface area contributed by atoms with Crippen LogP contribution in [0.1, 0.15) is 55.9 Å². The highest BCUT2D eigenvalue weighted by Crippen LogP contribution is 2.38. The number of fused-ring (bicyclic) bond motifs is 3. The average Bonchev–Trinajstić information content (AvgIpc) is 3.21. The van der Waals surface area contributed by atoms with Crippen molar-refractivity contribution < 1.29 is 4.79 Å². The van der Waals surface area contributed by atoms with Crippen LogP contribution in [-0.2, 0) is 17.6 Å². The Morgan fingerprint density at radius 2 is 2.00 bits per heavy atom. The van der Waals surface area contributed by atoms with E-state index in [0.717, 1.165) is 35.9 Å². The summed E-state index contributed by atoms with van der Waals surface area (Å²) in [6, 6.07) is 0.341. The summed E-state index contributed by atoms with van der Waals surface area (Å²) in [5.41, 5.74) is 7.61. The molecule has 2 heterocycles. The van der Waals surface area contributed by atoms with Crippen molar-refractivity contribution in [3.63, 3.8) is 0 Å². The summed E-state index contributed by atoms with van der Waals surface area (Å²) in [6.07, 6.45) is 9.28. The maximum Gasteiger partial charge on any atom is 0.233 e. The van der Waals surface area contributed by atoms with E-state index < -0.39 is 0 Å². The Hall–Kier alpha value is -1.34. The van der Waals surface area contributed by atoms with Gasteiger partial charge < -0.3 is 11.1 Å². The number of nitrogens with two attached hydrogens (primary N) is 1. The van der Waals surface area contributed by atoms with Crippen LogP contribution in [-0.4, -0.2) is 27.2 Å². The molecule has 1 saturated carbocycles. The molecule has 3 N–H and O–H groups in total. The number of nitrogen functional groups attached to an aromatic ring is 1. The summed E-state index contributed by atoms with van der Waals surface area (Å²) in [4.78, 5) is 24.0. The van der Waals surface area contributed by atoms with Crippen LogP contribution in [0.3, 0.4) is 0 Å². The van der Waals surface area contributed by atoms with E-state index in [1.54, 1.807) is 11.3 Å². The Morgan fingerprint density at radius 3 is 2.80 bits per heavy atom. The first kappa shape index (κ1) is 17.1. The van der Waals surface area contributed by atoms with E-state index in [1.165, 1.54) is 47.9 Å². The number of anilines is 1. The Bertz CT molecular complexity index is 798. The number of rotatable bonds is 4. The van der Waals surface area contributed by atoms with Crippen LogP contribution in [0, 0.1) is 0 Å². The molecule has 1 unspecified atom stereocenters. The highest BCUT2D eigenvalue weighted by atomic mass is 32.2. The van der Waals surface area contributed by atoms with Crippen LogP contribution < -0.4 is 11.1 Å². The molecule has 0 radical (unpaired) electrons. The van der Waals surface area contributed by atoms with Crippen LogP contribution >= 0.6 is 23.1 Å². The second-order valence-corrected chi connectivity index (χ2v) is 9.42. The molecular formula is C18H24N4OS2. The van der Waals surface area contributed by atoms with Gasteiger partial charge in [0.05, 0.1) is 10.6 Å². The topological polar surface area (TPSA) is 80.9 Å². The van der Waals surface area contributed by atoms with E-state index in [2.05, 4.69) is 10.3 Å². The summed E-state index contributed by atoms with van der Waals surface area (Å²) < 4.78 is 0. The molecule has 0 bridgehead atoms. The highest BCUT2D eigenvalue weighted by molar-refractivity contribution is 8.00. The predicted molar refractivity (Wildman–Crippen MR) is 104 cm³/mol. The van der Waals surface area contributed by atoms with E-state index in [0.29, 0.717) is 17.0 Å². The fourth-order valence-electron chi connectivity index (χ4n) is 3.82. The number of thiophene rings is 1. The lowest BCUT2D eigenvalue weighted by molar-refractivity contribution is -0.120. The zero-order valence-electron chi connectivity index (χ0n) is 14.5. The summed E-state index contributed by atoms with van der Waals surface area (Å²) in [7, 11) is 0. The minimum absolute atomic E-state index is 0.0737. The Morgan fingerprint density at radius 1 is 1.24 bits per heavy atom. The summed E-state index contributed by atoms with van der Waals surface area (Å²) in [6.45, 7) is 1.91. The first-order valence-corrected chi connectivity index (χ1v) is 10.9. The van der Waals surface area contributed by atoms with Crippen molar-refractivity contribution in [2.24, 2.45) is 0 Å². The molecule has 2 aromatic heterocycles. The smallest absolute Gasteiger partial charge is 0.233 e. The Labute approximate surface area is 156 Å². The average molecular weight is 377 g/mol. The van der Waals surface area contributed by atoms with E-state index in [1.807, 2.05) is 6.92 Å². The number of aryl methyl sites for hydroxylation is 2. The van der Waals surface area contributed by atoms with Gasteiger partial charge in [0.25, 0.3) is 0 Å². The number of nitrogens with zero attached hydrogens (tertiary/aromatic N) is 2. The van der Waals surface area contributed by atoms with Crippen LogP contribution in [0.4, 0.5) is 5.82 Å². The number of aromatic nitrogens is 2. The number of amides is 1. The molecule has 5 nitrogen and oxygen atoms in total. The molecule has 1 amide bonds. The van der Waals surface area contributed by atoms with Crippen LogP contribution in [0.15, 0.2) is 5.16 Å². The fraction of sp³-hybridized carbons (Fsp3) is 0.611. The number of hydrogen-bond donors (Lipinski definition) is 2. The summed E-state index contributed by atoms with van der Waals surface area (Å²) in [5, 5.41) is 4.59. The van der Waals surface area contributed by atoms with Gasteiger partial charge in [0.15, 0.2) is 5.16 Å². The van der Waals surface area contributed by atoms with Gasteiger partial charge in [-0.3, -0.25) is 4.79 Å². The maximum atomic E-state index is 12.4. The predicted octanol–water partition coefficient (Wildman–Crippen LogP) is 3.69. The number of carbonyl (C=O) groups excluding carboxylic acids is 1. The van der Waals surface area contributed by atoms with Crippen LogP contribution in [0.5, 0.6) is 0 Å². The lowest BCUT2D eigenvalue weighted by Gasteiger charge is -2.16. The third-order valence-electron chi connectivity index (χ3n) is 5.18. The largest absolute Gasteiger partial charge is 0.383 e. The zero-order chi connectivity index (χ0) is 17.4. The van der Waals surface area contributed by atoms with Gasteiger partial charge in [-0.2, -0.15) is 0 Å². The minimum Gasteiger partial charge on any atom is -0.383 e. The third kappa shape index (κ3) is 3.49. The van der Waals surface area contributed by atoms with Gasteiger partial charge in [0.1, 0.15) is 10.6 Å². The number of hydrogen-bond acceptors (Lipinski definition) is 6. The van der Waals surface area contributed by atoms with Crippen molar-refractivity contribution in [1.82, 2.24) is 15.3 Å². The first-order valence-electron chi connectivity index (χ1n) is 9.16. The van der Waals surface area contributed by atoms with Crippen molar-refractivity contribution in [3.8, 4) is 0 Å². The number of carbonyl (C=O) groups is 1. The number of thioether (sulfide) groups is 1. The maximum absolute atomic E-state index is 12.4. The summed E-state index contributed by atoms with van der Waals surface area (Å²) in [5.74, 6) is 0.639. The molecule has 0 spiro atoms. The standard InChI is InChI=1S/C18H24N4OS2/c1-10(16(23)20-11-6-2-3-7-11)24-18-21-15(19)14-12-8-4-5-9-13(12)25-17(14)22-18/h10-11H,2-9H2,1H3,(H,20,23)(H2,19,21,22). The molecule has 1 atom stereocenters. The molecule has 0 aliphatic heterocycles. The van der Waals surface area contributed by atoms with Crippen molar-refractivity contribution in [2.45, 2.75) is 74.7 Å². The monoisotopic (exact) mass is 376 g/mol. The molecule has 2 aliphatic carbocycles. The Kier molecular flexibility index (Phi) is 4.86. The number of nitrogens with one attached hydrogen (secondary N) is 1. The second-order valence-electron chi connectivity index (χ2n) is 7.03. The van der Waals surface area contributed by atoms with E-state index in [9.17, 15) is 4.79 Å². The molecule has 0 saturated heterocycles. The van der Waals surface area contributed by atoms with Gasteiger partial charge in [-0.1, -0.05) is 24.6 Å². The van der Waals surface area contributed by atoms with Gasteiger partial charge in [-0.05, 0) is 51.0 Å². The van der Waals surface area contributed by atoms with Crippen molar-refractivity contribution in [3.05, 3.63) is 10.4 Å². The first-order chi connectivity index (χ1) is 12.1. The third-order valence-corrected chi connectivity index (χ3v) is 7.32. The minimum atomic E-state index is -0.216. The quantitative estimate of drug-likeness (QED) is 0.628. The zero-order valence-corrected chi connectivity index (χ0v) is 16.1. The molecule has 4 rings (SSSR count). The van der Waals surface area contributed by atoms with Gasteiger partial charge in [-0.25, -0.2) is 9.97 Å².